The van der Waals surface area contributed by atoms with Crippen LogP contribution in [0.25, 0.3) is 0 Å². The summed E-state index contributed by atoms with van der Waals surface area (Å²) in [6, 6.07) is 0. The van der Waals surface area contributed by atoms with Crippen LogP contribution in [0.4, 0.5) is 0 Å². The van der Waals surface area contributed by atoms with Gasteiger partial charge in [0.15, 0.2) is 6.29 Å². The van der Waals surface area contributed by atoms with Gasteiger partial charge < -0.3 is 28.9 Å². The van der Waals surface area contributed by atoms with Gasteiger partial charge in [-0.1, -0.05) is 0 Å². The van der Waals surface area contributed by atoms with E-state index in [0.29, 0.717) is 0 Å². The predicted octanol–water partition coefficient (Wildman–Crippen LogP) is -5.05. The van der Waals surface area contributed by atoms with Crippen LogP contribution in [0.2, 0.25) is 0 Å². The molecule has 0 aliphatic carbocycles. The number of ether oxygens (including phenoxy) is 1. The third-order valence-corrected chi connectivity index (χ3v) is 2.97. The Morgan fingerprint density at radius 1 is 1.36 bits per heavy atom. The molecule has 0 amide bonds. The Bertz CT molecular complexity index is 260. The minimum absolute atomic E-state index is 0. The summed E-state index contributed by atoms with van der Waals surface area (Å²) in [6.07, 6.45) is -4.75. The van der Waals surface area contributed by atoms with Crippen LogP contribution in [0.5, 0.6) is 0 Å². The maximum Gasteiger partial charge on any atom is 1.00 e. The summed E-state index contributed by atoms with van der Waals surface area (Å²) in [5.74, 6) is 0. The van der Waals surface area contributed by atoms with Gasteiger partial charge in [0.2, 0.25) is 0 Å². The van der Waals surface area contributed by atoms with E-state index in [1.165, 1.54) is 0 Å². The number of fused-ring (bicyclic) bond motifs is 1. The normalized spacial score (nSPS) is 52.2. The molecule has 2 unspecified atom stereocenters. The minimum atomic E-state index is -4.31. The van der Waals surface area contributed by atoms with Crippen LogP contribution in [-0.2, 0) is 18.3 Å². The zero-order chi connectivity index (χ0) is 9.64. The summed E-state index contributed by atoms with van der Waals surface area (Å²) in [5, 5.41) is 18.2. The molecule has 0 aromatic rings. The maximum absolute atomic E-state index is 10.8. The number of rotatable bonds is 0. The van der Waals surface area contributed by atoms with Crippen LogP contribution in [0.15, 0.2) is 0 Å². The number of aliphatic hydroxyl groups is 2. The standard InChI is InChI=1S/C5H9O7P.Na/c6-3-4-2(1-10-5(3)7)11-13(8,9)12-4;/h2-7H,1H2,(H,8,9);/q;+1/p-1/t2-,3+,4-,5?;/m1./s1. The zero-order valence-electron chi connectivity index (χ0n) is 7.40. The third-order valence-electron chi connectivity index (χ3n) is 1.94. The Labute approximate surface area is 102 Å². The molecule has 2 rings (SSSR count). The van der Waals surface area contributed by atoms with Gasteiger partial charge in [-0.15, -0.1) is 0 Å². The van der Waals surface area contributed by atoms with Gasteiger partial charge in [0.25, 0.3) is 7.82 Å². The second kappa shape index (κ2) is 4.47. The second-order valence-electron chi connectivity index (χ2n) is 2.88. The molecule has 2 heterocycles. The van der Waals surface area contributed by atoms with Gasteiger partial charge in [-0.2, -0.15) is 0 Å². The van der Waals surface area contributed by atoms with E-state index >= 15 is 0 Å². The van der Waals surface area contributed by atoms with Crippen LogP contribution < -0.4 is 34.5 Å². The molecule has 76 valence electrons. The summed E-state index contributed by atoms with van der Waals surface area (Å²) in [7, 11) is -4.31. The van der Waals surface area contributed by atoms with Crippen LogP contribution in [-0.4, -0.2) is 41.4 Å². The number of aliphatic hydroxyl groups excluding tert-OH is 2. The molecule has 0 bridgehead atoms. The van der Waals surface area contributed by atoms with Gasteiger partial charge in [-0.25, -0.2) is 0 Å². The number of phosphoric acid groups is 1. The van der Waals surface area contributed by atoms with Crippen molar-refractivity contribution < 1.29 is 63.0 Å². The van der Waals surface area contributed by atoms with Crippen LogP contribution in [0, 0.1) is 0 Å². The van der Waals surface area contributed by atoms with E-state index in [9.17, 15) is 14.6 Å². The maximum atomic E-state index is 10.8. The SMILES string of the molecule is O=P1([O-])O[C@H]2[C@H](O)C(O)OC[C@H]2O1.[Na+]. The molecule has 9 heteroatoms. The largest absolute Gasteiger partial charge is 1.00 e. The van der Waals surface area contributed by atoms with E-state index in [4.69, 9.17) is 5.11 Å². The number of phosphoric ester groups is 1. The summed E-state index contributed by atoms with van der Waals surface area (Å²) < 4.78 is 24.3. The number of hydrogen-bond donors (Lipinski definition) is 2. The van der Waals surface area contributed by atoms with E-state index in [2.05, 4.69) is 13.8 Å². The molecule has 0 radical (unpaired) electrons. The molecule has 0 aromatic carbocycles. The van der Waals surface area contributed by atoms with Crippen LogP contribution in [0.1, 0.15) is 0 Å². The molecule has 2 fully saturated rings. The van der Waals surface area contributed by atoms with Crippen molar-refractivity contribution in [3.05, 3.63) is 0 Å². The fraction of sp³-hybridized carbons (Fsp3) is 1.00. The van der Waals surface area contributed by atoms with Crippen LogP contribution >= 0.6 is 7.82 Å². The molecule has 0 saturated carbocycles. The molecular formula is C5H8NaO7P. The van der Waals surface area contributed by atoms with Crippen molar-refractivity contribution in [3.8, 4) is 0 Å². The van der Waals surface area contributed by atoms with Gasteiger partial charge in [-0.3, -0.25) is 4.57 Å². The molecule has 2 saturated heterocycles. The average molecular weight is 234 g/mol. The van der Waals surface area contributed by atoms with Gasteiger partial charge in [0, 0.05) is 0 Å². The smallest absolute Gasteiger partial charge is 0.756 e. The van der Waals surface area contributed by atoms with Crippen molar-refractivity contribution in [2.75, 3.05) is 6.61 Å². The van der Waals surface area contributed by atoms with E-state index in [-0.39, 0.29) is 36.2 Å². The fourth-order valence-electron chi connectivity index (χ4n) is 1.33. The summed E-state index contributed by atoms with van der Waals surface area (Å²) in [5.41, 5.74) is 0. The fourth-order valence-corrected chi connectivity index (χ4v) is 2.45. The quantitative estimate of drug-likeness (QED) is 0.319. The van der Waals surface area contributed by atoms with E-state index in [1.807, 2.05) is 0 Å². The minimum Gasteiger partial charge on any atom is -0.756 e. The number of hydrogen-bond acceptors (Lipinski definition) is 7. The molecule has 2 aliphatic rings. The van der Waals surface area contributed by atoms with E-state index in [0.717, 1.165) is 0 Å². The van der Waals surface area contributed by atoms with Crippen molar-refractivity contribution in [3.63, 3.8) is 0 Å². The first kappa shape index (κ1) is 13.1. The summed E-state index contributed by atoms with van der Waals surface area (Å²) >= 11 is 0. The Balaban J connectivity index is 0.000000980. The third kappa shape index (κ3) is 2.38. The molecule has 2 aliphatic heterocycles. The first-order valence-electron chi connectivity index (χ1n) is 3.65. The Morgan fingerprint density at radius 2 is 2.00 bits per heavy atom. The van der Waals surface area contributed by atoms with E-state index < -0.39 is 32.4 Å². The van der Waals surface area contributed by atoms with E-state index in [1.54, 1.807) is 0 Å². The Morgan fingerprint density at radius 3 is 2.64 bits per heavy atom. The van der Waals surface area contributed by atoms with Crippen molar-refractivity contribution in [1.29, 1.82) is 0 Å². The van der Waals surface area contributed by atoms with Gasteiger partial charge in [0.05, 0.1) is 6.61 Å². The van der Waals surface area contributed by atoms with Crippen molar-refractivity contribution in [2.45, 2.75) is 24.6 Å². The monoisotopic (exact) mass is 234 g/mol. The molecule has 0 spiro atoms. The zero-order valence-corrected chi connectivity index (χ0v) is 10.3. The Hall–Kier alpha value is 0.990. The first-order chi connectivity index (χ1) is 5.99. The Kier molecular flexibility index (Phi) is 4.17. The molecule has 5 atom stereocenters. The predicted molar refractivity (Wildman–Crippen MR) is 35.3 cm³/mol. The van der Waals surface area contributed by atoms with Crippen molar-refractivity contribution in [2.24, 2.45) is 0 Å². The average Bonchev–Trinajstić information content (AvgIpc) is 2.34. The van der Waals surface area contributed by atoms with Crippen molar-refractivity contribution >= 4 is 7.82 Å². The van der Waals surface area contributed by atoms with Crippen molar-refractivity contribution in [1.82, 2.24) is 0 Å². The van der Waals surface area contributed by atoms with Gasteiger partial charge >= 0.3 is 29.6 Å². The molecule has 0 aromatic heterocycles. The molecular weight excluding hydrogens is 226 g/mol. The van der Waals surface area contributed by atoms with Gasteiger partial charge in [-0.05, 0) is 0 Å². The topological polar surface area (TPSA) is 108 Å². The molecule has 14 heavy (non-hydrogen) atoms. The molecule has 2 N–H and O–H groups in total. The second-order valence-corrected chi connectivity index (χ2v) is 4.19. The first-order valence-corrected chi connectivity index (χ1v) is 5.11. The van der Waals surface area contributed by atoms with Crippen LogP contribution in [0.3, 0.4) is 0 Å². The summed E-state index contributed by atoms with van der Waals surface area (Å²) in [4.78, 5) is 10.8. The molecule has 7 nitrogen and oxygen atoms in total. The summed E-state index contributed by atoms with van der Waals surface area (Å²) in [6.45, 7) is -0.116. The van der Waals surface area contributed by atoms with Gasteiger partial charge in [0.1, 0.15) is 18.3 Å².